The van der Waals surface area contributed by atoms with Crippen LogP contribution in [-0.2, 0) is 0 Å². The molecular weight excluding hydrogens is 263 g/mol. The van der Waals surface area contributed by atoms with Gasteiger partial charge in [-0.05, 0) is 51.3 Å². The van der Waals surface area contributed by atoms with Gasteiger partial charge in [0.05, 0.1) is 5.02 Å². The molecule has 2 rings (SSSR count). The third kappa shape index (κ3) is 4.08. The van der Waals surface area contributed by atoms with Crippen molar-refractivity contribution in [2.45, 2.75) is 32.7 Å². The van der Waals surface area contributed by atoms with Crippen molar-refractivity contribution in [1.82, 2.24) is 5.32 Å². The summed E-state index contributed by atoms with van der Waals surface area (Å²) in [6.07, 6.45) is 1.16. The van der Waals surface area contributed by atoms with Crippen LogP contribution in [0.2, 0.25) is 5.02 Å². The summed E-state index contributed by atoms with van der Waals surface area (Å²) in [5.41, 5.74) is 1.18. The van der Waals surface area contributed by atoms with E-state index in [4.69, 9.17) is 11.6 Å². The minimum Gasteiger partial charge on any atom is -0.371 e. The van der Waals surface area contributed by atoms with E-state index < -0.39 is 0 Å². The summed E-state index contributed by atoms with van der Waals surface area (Å²) in [6, 6.07) is 4.97. The Balaban J connectivity index is 1.92. The molecule has 1 atom stereocenters. The molecule has 1 unspecified atom stereocenters. The van der Waals surface area contributed by atoms with Gasteiger partial charge >= 0.3 is 0 Å². The lowest BCUT2D eigenvalue weighted by molar-refractivity contribution is 0.383. The molecule has 0 radical (unpaired) electrons. The third-order valence-electron chi connectivity index (χ3n) is 3.48. The minimum atomic E-state index is -0.351. The van der Waals surface area contributed by atoms with Crippen molar-refractivity contribution in [2.24, 2.45) is 5.92 Å². The Morgan fingerprint density at radius 2 is 2.16 bits per heavy atom. The second-order valence-electron chi connectivity index (χ2n) is 6.33. The number of rotatable bonds is 3. The highest BCUT2D eigenvalue weighted by Gasteiger charge is 2.24. The van der Waals surface area contributed by atoms with Crippen LogP contribution < -0.4 is 10.2 Å². The van der Waals surface area contributed by atoms with Crippen LogP contribution in [0.1, 0.15) is 27.2 Å². The van der Waals surface area contributed by atoms with Crippen molar-refractivity contribution < 1.29 is 4.39 Å². The van der Waals surface area contributed by atoms with Crippen LogP contribution in [0.5, 0.6) is 0 Å². The molecule has 2 nitrogen and oxygen atoms in total. The Hall–Kier alpha value is -0.800. The first-order valence-corrected chi connectivity index (χ1v) is 7.18. The number of halogens is 2. The van der Waals surface area contributed by atoms with E-state index in [1.54, 1.807) is 12.1 Å². The predicted molar refractivity (Wildman–Crippen MR) is 79.5 cm³/mol. The molecule has 0 aliphatic carbocycles. The van der Waals surface area contributed by atoms with Crippen molar-refractivity contribution in [2.75, 3.05) is 24.5 Å². The summed E-state index contributed by atoms with van der Waals surface area (Å²) in [5.74, 6) is 0.290. The van der Waals surface area contributed by atoms with Crippen molar-refractivity contribution in [3.63, 3.8) is 0 Å². The van der Waals surface area contributed by atoms with E-state index in [1.807, 2.05) is 0 Å². The SMILES string of the molecule is CC(C)(C)NCC1CCN(c2ccc(F)c(Cl)c2)C1. The van der Waals surface area contributed by atoms with Gasteiger partial charge in [-0.2, -0.15) is 0 Å². The van der Waals surface area contributed by atoms with Gasteiger partial charge in [-0.1, -0.05) is 11.6 Å². The Morgan fingerprint density at radius 1 is 1.42 bits per heavy atom. The molecule has 1 fully saturated rings. The smallest absolute Gasteiger partial charge is 0.141 e. The average Bonchev–Trinajstić information content (AvgIpc) is 2.78. The van der Waals surface area contributed by atoms with Crippen molar-refractivity contribution in [3.8, 4) is 0 Å². The van der Waals surface area contributed by atoms with Gasteiger partial charge in [-0.15, -0.1) is 0 Å². The zero-order valence-electron chi connectivity index (χ0n) is 11.8. The summed E-state index contributed by atoms with van der Waals surface area (Å²) in [5, 5.41) is 3.75. The molecule has 0 spiro atoms. The number of benzene rings is 1. The summed E-state index contributed by atoms with van der Waals surface area (Å²) in [6.45, 7) is 9.58. The van der Waals surface area contributed by atoms with Gasteiger partial charge in [0, 0.05) is 30.9 Å². The first kappa shape index (κ1) is 14.6. The second kappa shape index (κ2) is 5.68. The monoisotopic (exact) mass is 284 g/mol. The highest BCUT2D eigenvalue weighted by atomic mass is 35.5. The number of nitrogens with one attached hydrogen (secondary N) is 1. The summed E-state index contributed by atoms with van der Waals surface area (Å²) in [4.78, 5) is 2.28. The van der Waals surface area contributed by atoms with E-state index in [0.717, 1.165) is 31.7 Å². The Bertz CT molecular complexity index is 442. The average molecular weight is 285 g/mol. The van der Waals surface area contributed by atoms with Crippen LogP contribution in [0, 0.1) is 11.7 Å². The number of hydrogen-bond acceptors (Lipinski definition) is 2. The highest BCUT2D eigenvalue weighted by Crippen LogP contribution is 2.27. The fourth-order valence-corrected chi connectivity index (χ4v) is 2.54. The Labute approximate surface area is 119 Å². The van der Waals surface area contributed by atoms with Gasteiger partial charge in [0.2, 0.25) is 0 Å². The fraction of sp³-hybridized carbons (Fsp3) is 0.600. The summed E-state index contributed by atoms with van der Waals surface area (Å²) in [7, 11) is 0. The lowest BCUT2D eigenvalue weighted by atomic mass is 10.1. The molecule has 4 heteroatoms. The van der Waals surface area contributed by atoms with E-state index in [2.05, 4.69) is 31.0 Å². The molecule has 1 aliphatic rings. The van der Waals surface area contributed by atoms with Gasteiger partial charge in [-0.3, -0.25) is 0 Å². The quantitative estimate of drug-likeness (QED) is 0.911. The lowest BCUT2D eigenvalue weighted by Gasteiger charge is -2.24. The zero-order chi connectivity index (χ0) is 14.0. The standard InChI is InChI=1S/C15H22ClFN2/c1-15(2,3)18-9-11-6-7-19(10-11)12-4-5-14(17)13(16)8-12/h4-5,8,11,18H,6-7,9-10H2,1-3H3. The molecule has 106 valence electrons. The first-order chi connectivity index (χ1) is 8.85. The molecule has 0 saturated carbocycles. The van der Waals surface area contributed by atoms with Crippen LogP contribution in [0.3, 0.4) is 0 Å². The molecule has 1 aromatic carbocycles. The van der Waals surface area contributed by atoms with Gasteiger partial charge in [0.25, 0.3) is 0 Å². The highest BCUT2D eigenvalue weighted by molar-refractivity contribution is 6.31. The number of nitrogens with zero attached hydrogens (tertiary/aromatic N) is 1. The second-order valence-corrected chi connectivity index (χ2v) is 6.74. The maximum absolute atomic E-state index is 13.2. The van der Waals surface area contributed by atoms with E-state index in [-0.39, 0.29) is 16.4 Å². The van der Waals surface area contributed by atoms with E-state index >= 15 is 0 Å². The van der Waals surface area contributed by atoms with Crippen LogP contribution in [-0.4, -0.2) is 25.2 Å². The Kier molecular flexibility index (Phi) is 4.36. The van der Waals surface area contributed by atoms with Gasteiger partial charge in [0.15, 0.2) is 0 Å². The van der Waals surface area contributed by atoms with Crippen LogP contribution >= 0.6 is 11.6 Å². The predicted octanol–water partition coefficient (Wildman–Crippen LogP) is 3.69. The van der Waals surface area contributed by atoms with Crippen LogP contribution in [0.15, 0.2) is 18.2 Å². The molecule has 1 saturated heterocycles. The molecule has 1 aromatic rings. The van der Waals surface area contributed by atoms with E-state index in [0.29, 0.717) is 5.92 Å². The molecule has 1 aliphatic heterocycles. The molecular formula is C15H22ClFN2. The number of anilines is 1. The van der Waals surface area contributed by atoms with Gasteiger partial charge in [0.1, 0.15) is 5.82 Å². The van der Waals surface area contributed by atoms with Crippen molar-refractivity contribution in [1.29, 1.82) is 0 Å². The third-order valence-corrected chi connectivity index (χ3v) is 3.76. The van der Waals surface area contributed by atoms with Crippen LogP contribution in [0.25, 0.3) is 0 Å². The topological polar surface area (TPSA) is 15.3 Å². The molecule has 0 bridgehead atoms. The van der Waals surface area contributed by atoms with Gasteiger partial charge in [-0.25, -0.2) is 4.39 Å². The summed E-state index contributed by atoms with van der Waals surface area (Å²) < 4.78 is 13.2. The van der Waals surface area contributed by atoms with E-state index in [9.17, 15) is 4.39 Å². The van der Waals surface area contributed by atoms with E-state index in [1.165, 1.54) is 6.07 Å². The van der Waals surface area contributed by atoms with Crippen molar-refractivity contribution >= 4 is 17.3 Å². The first-order valence-electron chi connectivity index (χ1n) is 6.80. The number of hydrogen-bond donors (Lipinski definition) is 1. The van der Waals surface area contributed by atoms with Crippen LogP contribution in [0.4, 0.5) is 10.1 Å². The maximum Gasteiger partial charge on any atom is 0.141 e. The summed E-state index contributed by atoms with van der Waals surface area (Å²) >= 11 is 5.84. The fourth-order valence-electron chi connectivity index (χ4n) is 2.37. The lowest BCUT2D eigenvalue weighted by Crippen LogP contribution is -2.39. The Morgan fingerprint density at radius 3 is 2.79 bits per heavy atom. The molecule has 0 amide bonds. The minimum absolute atomic E-state index is 0.159. The largest absolute Gasteiger partial charge is 0.371 e. The molecule has 1 N–H and O–H groups in total. The molecule has 0 aromatic heterocycles. The normalized spacial score (nSPS) is 20.1. The van der Waals surface area contributed by atoms with Gasteiger partial charge < -0.3 is 10.2 Å². The maximum atomic E-state index is 13.2. The molecule has 19 heavy (non-hydrogen) atoms. The zero-order valence-corrected chi connectivity index (χ0v) is 12.6. The van der Waals surface area contributed by atoms with Crippen molar-refractivity contribution in [3.05, 3.63) is 29.0 Å². The molecule has 1 heterocycles.